The van der Waals surface area contributed by atoms with Crippen molar-refractivity contribution in [3.05, 3.63) is 42.2 Å². The topological polar surface area (TPSA) is 15.3 Å². The van der Waals surface area contributed by atoms with E-state index in [1.54, 1.807) is 6.07 Å². The highest BCUT2D eigenvalue weighted by atomic mass is 19.1. The Bertz CT molecular complexity index is 397. The second-order valence-electron chi connectivity index (χ2n) is 4.75. The van der Waals surface area contributed by atoms with Crippen LogP contribution in [0.5, 0.6) is 0 Å². The Morgan fingerprint density at radius 1 is 1.28 bits per heavy atom. The minimum Gasteiger partial charge on any atom is -0.369 e. The van der Waals surface area contributed by atoms with Crippen LogP contribution in [-0.2, 0) is 6.54 Å². The smallest absolute Gasteiger partial charge is 0.146 e. The molecular weight excluding hydrogens is 227 g/mol. The second kappa shape index (κ2) is 6.55. The fraction of sp³-hybridized carbons (Fsp3) is 0.467. The van der Waals surface area contributed by atoms with Gasteiger partial charge in [0.1, 0.15) is 5.82 Å². The van der Waals surface area contributed by atoms with Crippen molar-refractivity contribution >= 4 is 5.69 Å². The van der Waals surface area contributed by atoms with E-state index in [9.17, 15) is 4.39 Å². The molecule has 0 atom stereocenters. The van der Waals surface area contributed by atoms with Gasteiger partial charge in [0, 0.05) is 26.2 Å². The Labute approximate surface area is 108 Å². The number of rotatable bonds is 5. The summed E-state index contributed by atoms with van der Waals surface area (Å²) in [7, 11) is 0. The lowest BCUT2D eigenvalue weighted by Gasteiger charge is -2.29. The average molecular weight is 248 g/mol. The molecule has 0 bridgehead atoms. The summed E-state index contributed by atoms with van der Waals surface area (Å²) in [4.78, 5) is 2.16. The molecule has 1 saturated heterocycles. The van der Waals surface area contributed by atoms with Crippen molar-refractivity contribution < 1.29 is 4.39 Å². The van der Waals surface area contributed by atoms with Gasteiger partial charge in [0.25, 0.3) is 0 Å². The second-order valence-corrected chi connectivity index (χ2v) is 4.75. The lowest BCUT2D eigenvalue weighted by atomic mass is 10.1. The van der Waals surface area contributed by atoms with Gasteiger partial charge in [-0.3, -0.25) is 0 Å². The Kier molecular flexibility index (Phi) is 4.76. The Hall–Kier alpha value is -1.35. The Morgan fingerprint density at radius 3 is 2.78 bits per heavy atom. The monoisotopic (exact) mass is 248 g/mol. The molecule has 0 amide bonds. The van der Waals surface area contributed by atoms with Gasteiger partial charge in [-0.25, -0.2) is 4.39 Å². The first-order valence-electron chi connectivity index (χ1n) is 6.66. The zero-order valence-electron chi connectivity index (χ0n) is 10.8. The van der Waals surface area contributed by atoms with Gasteiger partial charge >= 0.3 is 0 Å². The summed E-state index contributed by atoms with van der Waals surface area (Å²) in [5.41, 5.74) is 1.88. The molecule has 1 aromatic rings. The van der Waals surface area contributed by atoms with Crippen LogP contribution >= 0.6 is 0 Å². The fourth-order valence-corrected chi connectivity index (χ4v) is 2.36. The van der Waals surface area contributed by atoms with Gasteiger partial charge in [-0.1, -0.05) is 12.1 Å². The van der Waals surface area contributed by atoms with Crippen molar-refractivity contribution in [3.63, 3.8) is 0 Å². The van der Waals surface area contributed by atoms with Crippen molar-refractivity contribution in [2.75, 3.05) is 24.5 Å². The summed E-state index contributed by atoms with van der Waals surface area (Å²) in [5, 5.41) is 3.24. The van der Waals surface area contributed by atoms with Gasteiger partial charge in [-0.15, -0.1) is 6.58 Å². The molecule has 0 saturated carbocycles. The van der Waals surface area contributed by atoms with E-state index in [-0.39, 0.29) is 5.82 Å². The minimum atomic E-state index is -0.107. The van der Waals surface area contributed by atoms with Crippen LogP contribution in [0.15, 0.2) is 30.9 Å². The molecular formula is C15H21FN2. The molecule has 2 nitrogen and oxygen atoms in total. The van der Waals surface area contributed by atoms with Crippen LogP contribution in [0, 0.1) is 5.82 Å². The highest BCUT2D eigenvalue weighted by Crippen LogP contribution is 2.24. The van der Waals surface area contributed by atoms with Gasteiger partial charge in [0.2, 0.25) is 0 Å². The van der Waals surface area contributed by atoms with Gasteiger partial charge in [-0.05, 0) is 37.0 Å². The van der Waals surface area contributed by atoms with Crippen LogP contribution in [0.3, 0.4) is 0 Å². The number of anilines is 1. The molecule has 0 aromatic heterocycles. The molecule has 98 valence electrons. The van der Waals surface area contributed by atoms with E-state index in [1.807, 2.05) is 18.2 Å². The van der Waals surface area contributed by atoms with Crippen molar-refractivity contribution in [2.45, 2.75) is 25.8 Å². The molecule has 0 radical (unpaired) electrons. The van der Waals surface area contributed by atoms with Crippen molar-refractivity contribution in [1.29, 1.82) is 0 Å². The van der Waals surface area contributed by atoms with Crippen molar-refractivity contribution in [1.82, 2.24) is 5.32 Å². The number of nitrogens with one attached hydrogen (secondary N) is 1. The molecule has 1 N–H and O–H groups in total. The SMILES string of the molecule is C=CCNCc1ccc(F)c(N2CCCCC2)c1. The number of benzene rings is 1. The summed E-state index contributed by atoms with van der Waals surface area (Å²) in [5.74, 6) is -0.107. The van der Waals surface area contributed by atoms with Crippen molar-refractivity contribution in [3.8, 4) is 0 Å². The Balaban J connectivity index is 2.07. The van der Waals surface area contributed by atoms with Crippen LogP contribution in [0.25, 0.3) is 0 Å². The number of hydrogen-bond donors (Lipinski definition) is 1. The standard InChI is InChI=1S/C15H21FN2/c1-2-8-17-12-13-6-7-14(16)15(11-13)18-9-4-3-5-10-18/h2,6-7,11,17H,1,3-5,8-10,12H2. The van der Waals surface area contributed by atoms with Gasteiger partial charge in [-0.2, -0.15) is 0 Å². The maximum absolute atomic E-state index is 13.9. The van der Waals surface area contributed by atoms with E-state index in [0.717, 1.165) is 37.4 Å². The molecule has 1 aromatic carbocycles. The molecule has 1 aliphatic heterocycles. The van der Waals surface area contributed by atoms with Gasteiger partial charge < -0.3 is 10.2 Å². The van der Waals surface area contributed by atoms with E-state index >= 15 is 0 Å². The number of nitrogens with zero attached hydrogens (tertiary/aromatic N) is 1. The average Bonchev–Trinajstić information content (AvgIpc) is 2.42. The molecule has 1 heterocycles. The third-order valence-corrected chi connectivity index (χ3v) is 3.33. The van der Waals surface area contributed by atoms with E-state index in [2.05, 4.69) is 16.8 Å². The van der Waals surface area contributed by atoms with Crippen molar-refractivity contribution in [2.24, 2.45) is 0 Å². The van der Waals surface area contributed by atoms with Crippen LogP contribution < -0.4 is 10.2 Å². The highest BCUT2D eigenvalue weighted by Gasteiger charge is 2.14. The van der Waals surface area contributed by atoms with E-state index in [4.69, 9.17) is 0 Å². The molecule has 0 aliphatic carbocycles. The maximum Gasteiger partial charge on any atom is 0.146 e. The summed E-state index contributed by atoms with van der Waals surface area (Å²) in [6.45, 7) is 7.14. The molecule has 1 aliphatic rings. The molecule has 3 heteroatoms. The third kappa shape index (κ3) is 3.33. The van der Waals surface area contributed by atoms with E-state index in [0.29, 0.717) is 0 Å². The number of halogens is 1. The number of piperidine rings is 1. The molecule has 1 fully saturated rings. The molecule has 0 spiro atoms. The summed E-state index contributed by atoms with van der Waals surface area (Å²) in [6.07, 6.45) is 5.42. The first-order chi connectivity index (χ1) is 8.81. The van der Waals surface area contributed by atoms with Crippen LogP contribution in [0.1, 0.15) is 24.8 Å². The lowest BCUT2D eigenvalue weighted by Crippen LogP contribution is -2.30. The van der Waals surface area contributed by atoms with Gasteiger partial charge in [0.15, 0.2) is 0 Å². The molecule has 18 heavy (non-hydrogen) atoms. The normalized spacial score (nSPS) is 15.7. The predicted molar refractivity (Wildman–Crippen MR) is 74.4 cm³/mol. The predicted octanol–water partition coefficient (Wildman–Crippen LogP) is 3.09. The van der Waals surface area contributed by atoms with E-state index in [1.165, 1.54) is 19.3 Å². The van der Waals surface area contributed by atoms with E-state index < -0.39 is 0 Å². The van der Waals surface area contributed by atoms with Gasteiger partial charge in [0.05, 0.1) is 5.69 Å². The molecule has 2 rings (SSSR count). The zero-order chi connectivity index (χ0) is 12.8. The minimum absolute atomic E-state index is 0.107. The zero-order valence-corrected chi connectivity index (χ0v) is 10.8. The quantitative estimate of drug-likeness (QED) is 0.636. The summed E-state index contributed by atoms with van der Waals surface area (Å²) >= 11 is 0. The number of hydrogen-bond acceptors (Lipinski definition) is 2. The van der Waals surface area contributed by atoms with Crippen LogP contribution in [0.2, 0.25) is 0 Å². The summed E-state index contributed by atoms with van der Waals surface area (Å²) < 4.78 is 13.9. The first-order valence-corrected chi connectivity index (χ1v) is 6.66. The third-order valence-electron chi connectivity index (χ3n) is 3.33. The summed E-state index contributed by atoms with van der Waals surface area (Å²) in [6, 6.07) is 5.39. The van der Waals surface area contributed by atoms with Crippen LogP contribution in [0.4, 0.5) is 10.1 Å². The maximum atomic E-state index is 13.9. The Morgan fingerprint density at radius 2 is 2.06 bits per heavy atom. The fourth-order valence-electron chi connectivity index (χ4n) is 2.36. The highest BCUT2D eigenvalue weighted by molar-refractivity contribution is 5.50. The van der Waals surface area contributed by atoms with Crippen LogP contribution in [-0.4, -0.2) is 19.6 Å². The lowest BCUT2D eigenvalue weighted by molar-refractivity contribution is 0.556. The largest absolute Gasteiger partial charge is 0.369 e. The first kappa shape index (κ1) is 13.1. The molecule has 0 unspecified atom stereocenters.